The predicted molar refractivity (Wildman–Crippen MR) is 87.3 cm³/mol. The zero-order chi connectivity index (χ0) is 14.4. The van der Waals surface area contributed by atoms with E-state index in [1.165, 1.54) is 0 Å². The summed E-state index contributed by atoms with van der Waals surface area (Å²) in [7, 11) is 0. The number of carbonyl (C=O) groups excluding carboxylic acids is 1. The van der Waals surface area contributed by atoms with Gasteiger partial charge in [0.05, 0.1) is 0 Å². The lowest BCUT2D eigenvalue weighted by atomic mass is 10.1. The summed E-state index contributed by atoms with van der Waals surface area (Å²) in [5.41, 5.74) is 2.98. The Kier molecular flexibility index (Phi) is 5.44. The highest BCUT2D eigenvalue weighted by Crippen LogP contribution is 2.23. The Labute approximate surface area is 131 Å². The number of amides is 2. The third-order valence-corrected chi connectivity index (χ3v) is 3.42. The van der Waals surface area contributed by atoms with Gasteiger partial charge < -0.3 is 10.6 Å². The molecule has 0 atom stereocenters. The molecule has 0 aliphatic carbocycles. The zero-order valence-corrected chi connectivity index (χ0v) is 13.0. The molecule has 0 spiro atoms. The summed E-state index contributed by atoms with van der Waals surface area (Å²) >= 11 is 8.92. The Morgan fingerprint density at radius 3 is 2.10 bits per heavy atom. The van der Waals surface area contributed by atoms with Crippen LogP contribution in [0.1, 0.15) is 0 Å². The van der Waals surface area contributed by atoms with Crippen molar-refractivity contribution >= 4 is 39.2 Å². The van der Waals surface area contributed by atoms with E-state index in [4.69, 9.17) is 11.6 Å². The van der Waals surface area contributed by atoms with Gasteiger partial charge in [0.15, 0.2) is 0 Å². The molecule has 0 heterocycles. The molecule has 2 amide bonds. The van der Waals surface area contributed by atoms with Crippen LogP contribution in [0.4, 0.5) is 10.5 Å². The normalized spacial score (nSPS) is 10.1. The molecule has 104 valence electrons. The average Bonchev–Trinajstić information content (AvgIpc) is 2.47. The number of carbonyl (C=O) groups is 1. The molecule has 5 heteroatoms. The highest BCUT2D eigenvalue weighted by Gasteiger charge is 2.02. The van der Waals surface area contributed by atoms with Gasteiger partial charge in [-0.3, -0.25) is 0 Å². The first kappa shape index (κ1) is 14.9. The average molecular weight is 354 g/mol. The van der Waals surface area contributed by atoms with Gasteiger partial charge in [-0.15, -0.1) is 11.6 Å². The summed E-state index contributed by atoms with van der Waals surface area (Å²) in [6.07, 6.45) is 0. The summed E-state index contributed by atoms with van der Waals surface area (Å²) in [5.74, 6) is 0.399. The van der Waals surface area contributed by atoms with E-state index >= 15 is 0 Å². The molecule has 2 N–H and O–H groups in total. The predicted octanol–water partition coefficient (Wildman–Crippen LogP) is 4.48. The number of urea groups is 1. The molecule has 0 aliphatic rings. The molecule has 2 aromatic rings. The van der Waals surface area contributed by atoms with Gasteiger partial charge in [0.1, 0.15) is 0 Å². The van der Waals surface area contributed by atoms with Crippen molar-refractivity contribution in [3.63, 3.8) is 0 Å². The van der Waals surface area contributed by atoms with Crippen LogP contribution in [0.2, 0.25) is 0 Å². The molecule has 0 aliphatic heterocycles. The van der Waals surface area contributed by atoms with Crippen molar-refractivity contribution in [1.29, 1.82) is 0 Å². The standard InChI is InChI=1S/C15H14BrClN2O/c16-13-5-1-11(2-6-13)12-3-7-14(8-4-12)19-15(20)18-10-9-17/h1-8H,9-10H2,(H2,18,19,20). The zero-order valence-electron chi connectivity index (χ0n) is 10.7. The lowest BCUT2D eigenvalue weighted by Gasteiger charge is -2.07. The second-order valence-electron chi connectivity index (χ2n) is 4.15. The molecule has 0 unspecified atom stereocenters. The van der Waals surface area contributed by atoms with Gasteiger partial charge in [0.25, 0.3) is 0 Å². The first-order valence-electron chi connectivity index (χ1n) is 6.16. The lowest BCUT2D eigenvalue weighted by Crippen LogP contribution is -2.30. The molecular weight excluding hydrogens is 340 g/mol. The first-order valence-corrected chi connectivity index (χ1v) is 7.48. The minimum Gasteiger partial charge on any atom is -0.337 e. The third kappa shape index (κ3) is 4.25. The van der Waals surface area contributed by atoms with Crippen LogP contribution in [-0.2, 0) is 0 Å². The maximum atomic E-state index is 11.5. The number of nitrogens with one attached hydrogen (secondary N) is 2. The maximum absolute atomic E-state index is 11.5. The van der Waals surface area contributed by atoms with Crippen molar-refractivity contribution in [2.45, 2.75) is 0 Å². The summed E-state index contributed by atoms with van der Waals surface area (Å²) in [6, 6.07) is 15.5. The van der Waals surface area contributed by atoms with Crippen LogP contribution in [0.25, 0.3) is 11.1 Å². The SMILES string of the molecule is O=C(NCCCl)Nc1ccc(-c2ccc(Br)cc2)cc1. The summed E-state index contributed by atoms with van der Waals surface area (Å²) < 4.78 is 1.05. The fraction of sp³-hybridized carbons (Fsp3) is 0.133. The van der Waals surface area contributed by atoms with Gasteiger partial charge >= 0.3 is 6.03 Å². The molecule has 0 radical (unpaired) electrons. The summed E-state index contributed by atoms with van der Waals surface area (Å²) in [5, 5.41) is 5.39. The van der Waals surface area contributed by atoms with Crippen LogP contribution in [0.3, 0.4) is 0 Å². The smallest absolute Gasteiger partial charge is 0.319 e. The molecule has 0 saturated carbocycles. The van der Waals surface area contributed by atoms with E-state index in [-0.39, 0.29) is 6.03 Å². The Bertz CT molecular complexity index is 569. The third-order valence-electron chi connectivity index (χ3n) is 2.70. The van der Waals surface area contributed by atoms with E-state index in [9.17, 15) is 4.79 Å². The molecular formula is C15H14BrClN2O. The monoisotopic (exact) mass is 352 g/mol. The second-order valence-corrected chi connectivity index (χ2v) is 5.45. The number of hydrogen-bond donors (Lipinski definition) is 2. The van der Waals surface area contributed by atoms with Crippen molar-refractivity contribution in [2.24, 2.45) is 0 Å². The van der Waals surface area contributed by atoms with Gasteiger partial charge in [0.2, 0.25) is 0 Å². The number of anilines is 1. The van der Waals surface area contributed by atoms with Crippen LogP contribution in [0.15, 0.2) is 53.0 Å². The van der Waals surface area contributed by atoms with E-state index in [1.807, 2.05) is 48.5 Å². The van der Waals surface area contributed by atoms with Gasteiger partial charge in [-0.2, -0.15) is 0 Å². The summed E-state index contributed by atoms with van der Waals surface area (Å²) in [6.45, 7) is 0.449. The van der Waals surface area contributed by atoms with E-state index < -0.39 is 0 Å². The fourth-order valence-corrected chi connectivity index (χ4v) is 2.08. The van der Waals surface area contributed by atoms with Crippen LogP contribution in [-0.4, -0.2) is 18.5 Å². The Balaban J connectivity index is 2.02. The van der Waals surface area contributed by atoms with Crippen LogP contribution in [0, 0.1) is 0 Å². The molecule has 0 bridgehead atoms. The van der Waals surface area contributed by atoms with E-state index in [0.29, 0.717) is 12.4 Å². The largest absolute Gasteiger partial charge is 0.337 e. The van der Waals surface area contributed by atoms with Crippen molar-refractivity contribution < 1.29 is 4.79 Å². The van der Waals surface area contributed by atoms with E-state index in [1.54, 1.807) is 0 Å². The fourth-order valence-electron chi connectivity index (χ4n) is 1.72. The van der Waals surface area contributed by atoms with Crippen molar-refractivity contribution in [2.75, 3.05) is 17.7 Å². The lowest BCUT2D eigenvalue weighted by molar-refractivity contribution is 0.252. The highest BCUT2D eigenvalue weighted by atomic mass is 79.9. The molecule has 0 aromatic heterocycles. The number of rotatable bonds is 4. The van der Waals surface area contributed by atoms with E-state index in [2.05, 4.69) is 26.6 Å². The number of halogens is 2. The maximum Gasteiger partial charge on any atom is 0.319 e. The Morgan fingerprint density at radius 2 is 1.55 bits per heavy atom. The molecule has 0 fully saturated rings. The molecule has 0 saturated heterocycles. The number of alkyl halides is 1. The Hall–Kier alpha value is -1.52. The number of benzene rings is 2. The molecule has 20 heavy (non-hydrogen) atoms. The number of hydrogen-bond acceptors (Lipinski definition) is 1. The van der Waals surface area contributed by atoms with Crippen LogP contribution < -0.4 is 10.6 Å². The van der Waals surface area contributed by atoms with Gasteiger partial charge in [-0.05, 0) is 35.4 Å². The first-order chi connectivity index (χ1) is 9.69. The summed E-state index contributed by atoms with van der Waals surface area (Å²) in [4.78, 5) is 11.5. The van der Waals surface area contributed by atoms with Crippen molar-refractivity contribution in [3.05, 3.63) is 53.0 Å². The minimum absolute atomic E-state index is 0.248. The molecule has 3 nitrogen and oxygen atoms in total. The van der Waals surface area contributed by atoms with Crippen molar-refractivity contribution in [3.8, 4) is 11.1 Å². The molecule has 2 aromatic carbocycles. The van der Waals surface area contributed by atoms with Crippen molar-refractivity contribution in [1.82, 2.24) is 5.32 Å². The van der Waals surface area contributed by atoms with Crippen LogP contribution >= 0.6 is 27.5 Å². The quantitative estimate of drug-likeness (QED) is 0.782. The minimum atomic E-state index is -0.248. The molecule has 2 rings (SSSR count). The van der Waals surface area contributed by atoms with Gasteiger partial charge in [-0.1, -0.05) is 40.2 Å². The Morgan fingerprint density at radius 1 is 1.00 bits per heavy atom. The topological polar surface area (TPSA) is 41.1 Å². The van der Waals surface area contributed by atoms with E-state index in [0.717, 1.165) is 21.3 Å². The van der Waals surface area contributed by atoms with Crippen LogP contribution in [0.5, 0.6) is 0 Å². The highest BCUT2D eigenvalue weighted by molar-refractivity contribution is 9.10. The van der Waals surface area contributed by atoms with Gasteiger partial charge in [-0.25, -0.2) is 4.79 Å². The van der Waals surface area contributed by atoms with Gasteiger partial charge in [0, 0.05) is 22.6 Å². The second kappa shape index (κ2) is 7.31.